The van der Waals surface area contributed by atoms with Crippen molar-refractivity contribution in [1.29, 1.82) is 0 Å². The van der Waals surface area contributed by atoms with Crippen molar-refractivity contribution in [3.05, 3.63) is 12.7 Å². The van der Waals surface area contributed by atoms with Gasteiger partial charge in [0.15, 0.2) is 0 Å². The van der Waals surface area contributed by atoms with Gasteiger partial charge < -0.3 is 4.74 Å². The van der Waals surface area contributed by atoms with Gasteiger partial charge >= 0.3 is 5.97 Å². The molecule has 1 saturated heterocycles. The maximum absolute atomic E-state index is 10.8. The molecule has 0 spiro atoms. The zero-order valence-corrected chi connectivity index (χ0v) is 6.93. The molecular formula is C9H14O2. The summed E-state index contributed by atoms with van der Waals surface area (Å²) in [5.41, 5.74) is 0.0683. The minimum atomic E-state index is -0.0614. The maximum atomic E-state index is 10.8. The molecule has 1 aliphatic rings. The Morgan fingerprint density at radius 1 is 1.82 bits per heavy atom. The molecule has 0 aromatic carbocycles. The van der Waals surface area contributed by atoms with E-state index in [1.807, 2.05) is 6.08 Å². The molecule has 0 bridgehead atoms. The van der Waals surface area contributed by atoms with Gasteiger partial charge in [0.05, 0.1) is 13.0 Å². The van der Waals surface area contributed by atoms with Crippen LogP contribution in [0.15, 0.2) is 12.7 Å². The molecule has 1 fully saturated rings. The zero-order chi connectivity index (χ0) is 8.32. The molecule has 0 saturated carbocycles. The summed E-state index contributed by atoms with van der Waals surface area (Å²) in [7, 11) is 0. The molecule has 0 amide bonds. The second-order valence-electron chi connectivity index (χ2n) is 3.18. The normalized spacial score (nSPS) is 30.1. The van der Waals surface area contributed by atoms with Crippen LogP contribution in [0.2, 0.25) is 0 Å². The van der Waals surface area contributed by atoms with Crippen LogP contribution in [-0.2, 0) is 9.53 Å². The monoisotopic (exact) mass is 154 g/mol. The van der Waals surface area contributed by atoms with Gasteiger partial charge in [-0.2, -0.15) is 0 Å². The summed E-state index contributed by atoms with van der Waals surface area (Å²) in [5.74, 6) is -0.0614. The van der Waals surface area contributed by atoms with Crippen LogP contribution < -0.4 is 0 Å². The number of ether oxygens (including phenoxy) is 1. The molecule has 1 unspecified atom stereocenters. The van der Waals surface area contributed by atoms with Crippen LogP contribution >= 0.6 is 0 Å². The largest absolute Gasteiger partial charge is 0.465 e. The van der Waals surface area contributed by atoms with Crippen LogP contribution in [0, 0.1) is 5.41 Å². The fraction of sp³-hybridized carbons (Fsp3) is 0.667. The highest BCUT2D eigenvalue weighted by Crippen LogP contribution is 2.36. The number of carbonyl (C=O) groups excluding carboxylic acids is 1. The molecule has 1 aliphatic heterocycles. The van der Waals surface area contributed by atoms with Gasteiger partial charge in [-0.25, -0.2) is 0 Å². The molecular weight excluding hydrogens is 140 g/mol. The number of cyclic esters (lactones) is 1. The molecule has 0 aromatic heterocycles. The summed E-state index contributed by atoms with van der Waals surface area (Å²) in [6, 6.07) is 0. The van der Waals surface area contributed by atoms with E-state index >= 15 is 0 Å². The Labute approximate surface area is 67.2 Å². The Morgan fingerprint density at radius 2 is 2.55 bits per heavy atom. The summed E-state index contributed by atoms with van der Waals surface area (Å²) < 4.78 is 4.93. The van der Waals surface area contributed by atoms with E-state index in [1.165, 1.54) is 0 Å². The number of hydrogen-bond acceptors (Lipinski definition) is 2. The predicted octanol–water partition coefficient (Wildman–Crippen LogP) is 1.91. The third-order valence-electron chi connectivity index (χ3n) is 2.39. The minimum Gasteiger partial charge on any atom is -0.465 e. The average Bonchev–Trinajstić information content (AvgIpc) is 2.34. The first-order valence-electron chi connectivity index (χ1n) is 3.99. The third-order valence-corrected chi connectivity index (χ3v) is 2.39. The highest BCUT2D eigenvalue weighted by Gasteiger charge is 2.37. The highest BCUT2D eigenvalue weighted by molar-refractivity contribution is 5.72. The summed E-state index contributed by atoms with van der Waals surface area (Å²) >= 11 is 0. The Kier molecular flexibility index (Phi) is 2.32. The standard InChI is InChI=1S/C9H14O2/c1-3-5-9(4-2)6-8(10)11-7-9/h3H,1,4-7H2,2H3. The van der Waals surface area contributed by atoms with Crippen molar-refractivity contribution in [3.8, 4) is 0 Å². The lowest BCUT2D eigenvalue weighted by Gasteiger charge is -2.21. The van der Waals surface area contributed by atoms with Crippen LogP contribution in [0.25, 0.3) is 0 Å². The van der Waals surface area contributed by atoms with Crippen molar-refractivity contribution in [2.24, 2.45) is 5.41 Å². The van der Waals surface area contributed by atoms with Crippen LogP contribution in [0.5, 0.6) is 0 Å². The summed E-state index contributed by atoms with van der Waals surface area (Å²) in [4.78, 5) is 10.8. The molecule has 2 nitrogen and oxygen atoms in total. The van der Waals surface area contributed by atoms with Crippen molar-refractivity contribution in [1.82, 2.24) is 0 Å². The second kappa shape index (κ2) is 3.07. The predicted molar refractivity (Wildman–Crippen MR) is 43.1 cm³/mol. The van der Waals surface area contributed by atoms with E-state index in [2.05, 4.69) is 13.5 Å². The second-order valence-corrected chi connectivity index (χ2v) is 3.18. The summed E-state index contributed by atoms with van der Waals surface area (Å²) in [6.07, 6.45) is 4.31. The molecule has 62 valence electrons. The zero-order valence-electron chi connectivity index (χ0n) is 6.93. The number of hydrogen-bond donors (Lipinski definition) is 0. The molecule has 0 N–H and O–H groups in total. The smallest absolute Gasteiger partial charge is 0.306 e. The summed E-state index contributed by atoms with van der Waals surface area (Å²) in [5, 5.41) is 0. The molecule has 11 heavy (non-hydrogen) atoms. The van der Waals surface area contributed by atoms with Crippen LogP contribution in [0.4, 0.5) is 0 Å². The van der Waals surface area contributed by atoms with Crippen LogP contribution in [0.1, 0.15) is 26.2 Å². The SMILES string of the molecule is C=CCC1(CC)COC(=O)C1. The third kappa shape index (κ3) is 1.62. The fourth-order valence-electron chi connectivity index (χ4n) is 1.45. The lowest BCUT2D eigenvalue weighted by Crippen LogP contribution is -2.18. The minimum absolute atomic E-state index is 0.0614. The number of esters is 1. The van der Waals surface area contributed by atoms with E-state index in [0.29, 0.717) is 13.0 Å². The van der Waals surface area contributed by atoms with E-state index in [1.54, 1.807) is 0 Å². The van der Waals surface area contributed by atoms with Crippen molar-refractivity contribution in [3.63, 3.8) is 0 Å². The quantitative estimate of drug-likeness (QED) is 0.458. The van der Waals surface area contributed by atoms with E-state index in [4.69, 9.17) is 4.74 Å². The van der Waals surface area contributed by atoms with Gasteiger partial charge in [-0.1, -0.05) is 13.0 Å². The molecule has 1 heterocycles. The average molecular weight is 154 g/mol. The van der Waals surface area contributed by atoms with E-state index in [-0.39, 0.29) is 11.4 Å². The summed E-state index contributed by atoms with van der Waals surface area (Å²) in [6.45, 7) is 6.34. The molecule has 0 aliphatic carbocycles. The van der Waals surface area contributed by atoms with Gasteiger partial charge in [0.25, 0.3) is 0 Å². The first-order valence-corrected chi connectivity index (χ1v) is 3.99. The van der Waals surface area contributed by atoms with Crippen molar-refractivity contribution in [2.45, 2.75) is 26.2 Å². The first-order chi connectivity index (χ1) is 5.22. The van der Waals surface area contributed by atoms with Gasteiger partial charge in [-0.3, -0.25) is 4.79 Å². The lowest BCUT2D eigenvalue weighted by molar-refractivity contribution is -0.137. The molecule has 0 aromatic rings. The van der Waals surface area contributed by atoms with E-state index in [9.17, 15) is 4.79 Å². The van der Waals surface area contributed by atoms with Crippen molar-refractivity contribution >= 4 is 5.97 Å². The Bertz CT molecular complexity index is 174. The van der Waals surface area contributed by atoms with Crippen LogP contribution in [-0.4, -0.2) is 12.6 Å². The molecule has 1 rings (SSSR count). The molecule has 1 atom stereocenters. The van der Waals surface area contributed by atoms with Gasteiger partial charge in [0.1, 0.15) is 0 Å². The van der Waals surface area contributed by atoms with Crippen molar-refractivity contribution < 1.29 is 9.53 Å². The molecule has 2 heteroatoms. The fourth-order valence-corrected chi connectivity index (χ4v) is 1.45. The highest BCUT2D eigenvalue weighted by atomic mass is 16.5. The number of rotatable bonds is 3. The Balaban J connectivity index is 2.61. The topological polar surface area (TPSA) is 26.3 Å². The number of carbonyl (C=O) groups is 1. The van der Waals surface area contributed by atoms with Gasteiger partial charge in [0, 0.05) is 5.41 Å². The van der Waals surface area contributed by atoms with Crippen molar-refractivity contribution in [2.75, 3.05) is 6.61 Å². The van der Waals surface area contributed by atoms with Gasteiger partial charge in [0.2, 0.25) is 0 Å². The lowest BCUT2D eigenvalue weighted by atomic mass is 9.81. The van der Waals surface area contributed by atoms with Crippen LogP contribution in [0.3, 0.4) is 0 Å². The maximum Gasteiger partial charge on any atom is 0.306 e. The van der Waals surface area contributed by atoms with Gasteiger partial charge in [-0.05, 0) is 12.8 Å². The Morgan fingerprint density at radius 3 is 2.91 bits per heavy atom. The van der Waals surface area contributed by atoms with Gasteiger partial charge in [-0.15, -0.1) is 6.58 Å². The van der Waals surface area contributed by atoms with E-state index < -0.39 is 0 Å². The Hall–Kier alpha value is -0.790. The first kappa shape index (κ1) is 8.31. The molecule has 0 radical (unpaired) electrons. The number of allylic oxidation sites excluding steroid dienone is 1. The van der Waals surface area contributed by atoms with E-state index in [0.717, 1.165) is 12.8 Å².